The van der Waals surface area contributed by atoms with Gasteiger partial charge in [0, 0.05) is 17.5 Å². The molecule has 226 valence electrons. The summed E-state index contributed by atoms with van der Waals surface area (Å²) in [6.45, 7) is 8.57. The smallest absolute Gasteiger partial charge is 0.262 e. The molecule has 0 aliphatic carbocycles. The number of thiazole rings is 1. The first-order chi connectivity index (χ1) is 21.6. The van der Waals surface area contributed by atoms with E-state index in [2.05, 4.69) is 139 Å². The molecule has 0 amide bonds. The molecule has 45 heavy (non-hydrogen) atoms. The van der Waals surface area contributed by atoms with Crippen LogP contribution >= 0.6 is 11.3 Å². The van der Waals surface area contributed by atoms with E-state index < -0.39 is 0 Å². The van der Waals surface area contributed by atoms with Crippen LogP contribution in [-0.4, -0.2) is 13.2 Å². The topological polar surface area (TPSA) is 25.6 Å². The standard InChI is InChI=1S/C39H35N2O2S.HI/c1-4-40-34-26-31(29-12-6-5-7-13-29)20-21-37(34)44-39(40)19-11-18-38-41(33-24-27(2)28(3)25-36(33)43-38)22-23-42-35-17-10-15-30-14-8-9-16-32(30)35;/h5-21,24-26H,4,22-23H2,1-3H3;1H/q+1;/p-1. The lowest BCUT2D eigenvalue weighted by molar-refractivity contribution is -0.665. The summed E-state index contributed by atoms with van der Waals surface area (Å²) in [7, 11) is 0. The van der Waals surface area contributed by atoms with Crippen molar-refractivity contribution in [3.63, 3.8) is 0 Å². The summed E-state index contributed by atoms with van der Waals surface area (Å²) in [5.74, 6) is 2.59. The van der Waals surface area contributed by atoms with Gasteiger partial charge in [-0.05, 0) is 84.8 Å². The number of anilines is 1. The van der Waals surface area contributed by atoms with Crippen LogP contribution in [0.15, 0.2) is 121 Å². The van der Waals surface area contributed by atoms with E-state index in [-0.39, 0.29) is 24.0 Å². The summed E-state index contributed by atoms with van der Waals surface area (Å²) < 4.78 is 16.4. The van der Waals surface area contributed by atoms with Gasteiger partial charge in [-0.1, -0.05) is 84.1 Å². The monoisotopic (exact) mass is 722 g/mol. The molecule has 6 aromatic rings. The molecule has 1 aliphatic heterocycles. The summed E-state index contributed by atoms with van der Waals surface area (Å²) in [4.78, 5) is 2.22. The quantitative estimate of drug-likeness (QED) is 0.133. The third-order valence-electron chi connectivity index (χ3n) is 8.30. The average Bonchev–Trinajstić information content (AvgIpc) is 3.57. The Bertz CT molecular complexity index is 2040. The van der Waals surface area contributed by atoms with Gasteiger partial charge >= 0.3 is 0 Å². The van der Waals surface area contributed by atoms with E-state index in [1.807, 2.05) is 23.5 Å². The number of hydrogen-bond donors (Lipinski definition) is 0. The Morgan fingerprint density at radius 2 is 1.62 bits per heavy atom. The number of aromatic nitrogens is 1. The van der Waals surface area contributed by atoms with Crippen molar-refractivity contribution in [2.45, 2.75) is 27.3 Å². The van der Waals surface area contributed by atoms with Crippen molar-refractivity contribution < 1.29 is 38.0 Å². The molecule has 0 saturated carbocycles. The van der Waals surface area contributed by atoms with Crippen molar-refractivity contribution in [2.75, 3.05) is 18.1 Å². The Labute approximate surface area is 285 Å². The molecule has 1 aromatic heterocycles. The van der Waals surface area contributed by atoms with Gasteiger partial charge in [0.1, 0.15) is 23.6 Å². The number of benzene rings is 5. The number of fused-ring (bicyclic) bond motifs is 3. The van der Waals surface area contributed by atoms with E-state index in [0.717, 1.165) is 35.0 Å². The molecule has 7 rings (SSSR count). The summed E-state index contributed by atoms with van der Waals surface area (Å²) >= 11 is 1.81. The van der Waals surface area contributed by atoms with Crippen LogP contribution in [0.5, 0.6) is 11.5 Å². The van der Waals surface area contributed by atoms with Crippen molar-refractivity contribution in [2.24, 2.45) is 0 Å². The van der Waals surface area contributed by atoms with E-state index in [0.29, 0.717) is 13.2 Å². The number of allylic oxidation sites excluding steroid dienone is 2. The third kappa shape index (κ3) is 6.22. The van der Waals surface area contributed by atoms with Gasteiger partial charge in [0.05, 0.1) is 12.2 Å². The lowest BCUT2D eigenvalue weighted by atomic mass is 10.1. The number of hydrogen-bond acceptors (Lipinski definition) is 4. The van der Waals surface area contributed by atoms with Crippen molar-refractivity contribution >= 4 is 44.1 Å². The van der Waals surface area contributed by atoms with Gasteiger partial charge in [-0.15, -0.1) is 0 Å². The number of nitrogens with zero attached hydrogens (tertiary/aromatic N) is 2. The molecular formula is C39H35IN2O2S. The second-order valence-electron chi connectivity index (χ2n) is 11.1. The first kappa shape index (κ1) is 30.9. The minimum absolute atomic E-state index is 0. The summed E-state index contributed by atoms with van der Waals surface area (Å²) in [5.41, 5.74) is 7.27. The minimum Gasteiger partial charge on any atom is -1.00 e. The fourth-order valence-electron chi connectivity index (χ4n) is 5.85. The minimum atomic E-state index is 0. The van der Waals surface area contributed by atoms with Crippen LogP contribution in [0, 0.1) is 13.8 Å². The molecular weight excluding hydrogens is 687 g/mol. The first-order valence-electron chi connectivity index (χ1n) is 15.2. The van der Waals surface area contributed by atoms with Crippen LogP contribution in [0.4, 0.5) is 5.69 Å². The maximum absolute atomic E-state index is 6.42. The van der Waals surface area contributed by atoms with Crippen molar-refractivity contribution in [1.29, 1.82) is 0 Å². The second kappa shape index (κ2) is 13.5. The van der Waals surface area contributed by atoms with Gasteiger partial charge < -0.3 is 38.4 Å². The van der Waals surface area contributed by atoms with E-state index in [1.165, 1.54) is 42.9 Å². The number of rotatable bonds is 8. The van der Waals surface area contributed by atoms with E-state index in [9.17, 15) is 0 Å². The average molecular weight is 723 g/mol. The fraction of sp³-hybridized carbons (Fsp3) is 0.154. The Balaban J connectivity index is 0.00000357. The molecule has 0 fully saturated rings. The Morgan fingerprint density at radius 1 is 0.844 bits per heavy atom. The van der Waals surface area contributed by atoms with E-state index in [1.54, 1.807) is 0 Å². The predicted molar refractivity (Wildman–Crippen MR) is 184 cm³/mol. The predicted octanol–water partition coefficient (Wildman–Crippen LogP) is 6.48. The van der Waals surface area contributed by atoms with E-state index in [4.69, 9.17) is 9.47 Å². The summed E-state index contributed by atoms with van der Waals surface area (Å²) in [6, 6.07) is 36.2. The van der Waals surface area contributed by atoms with Gasteiger partial charge in [-0.3, -0.25) is 0 Å². The first-order valence-corrected chi connectivity index (χ1v) is 16.0. The third-order valence-corrected chi connectivity index (χ3v) is 9.43. The molecule has 0 radical (unpaired) electrons. The molecule has 0 atom stereocenters. The lowest BCUT2D eigenvalue weighted by Crippen LogP contribution is -3.00. The zero-order chi connectivity index (χ0) is 30.0. The van der Waals surface area contributed by atoms with Crippen LogP contribution in [0.1, 0.15) is 23.1 Å². The molecule has 1 aliphatic rings. The van der Waals surface area contributed by atoms with Crippen LogP contribution in [0.2, 0.25) is 0 Å². The Kier molecular flexibility index (Phi) is 9.24. The summed E-state index contributed by atoms with van der Waals surface area (Å²) in [6.07, 6.45) is 6.37. The number of ether oxygens (including phenoxy) is 2. The SMILES string of the molecule is CC[n+]1c(/C=C/C=C2\Oc3cc(C)c(C)cc3N2CCOc2cccc3ccccc23)sc2ccc(-c3ccccc3)cc21.[I-]. The highest BCUT2D eigenvalue weighted by atomic mass is 127. The Hall–Kier alpha value is -4.14. The molecule has 0 N–H and O–H groups in total. The largest absolute Gasteiger partial charge is 1.00 e. The molecule has 0 spiro atoms. The van der Waals surface area contributed by atoms with Gasteiger partial charge in [0.2, 0.25) is 11.4 Å². The van der Waals surface area contributed by atoms with Crippen LogP contribution in [0.3, 0.4) is 0 Å². The van der Waals surface area contributed by atoms with E-state index >= 15 is 0 Å². The lowest BCUT2D eigenvalue weighted by Gasteiger charge is -2.19. The molecule has 5 aromatic carbocycles. The number of halogens is 1. The highest BCUT2D eigenvalue weighted by Crippen LogP contribution is 2.41. The Morgan fingerprint density at radius 3 is 2.47 bits per heavy atom. The van der Waals surface area contributed by atoms with Crippen LogP contribution in [0.25, 0.3) is 38.2 Å². The van der Waals surface area contributed by atoms with Crippen LogP contribution < -0.4 is 42.9 Å². The normalized spacial score (nSPS) is 13.4. The summed E-state index contributed by atoms with van der Waals surface area (Å²) in [5, 5.41) is 3.51. The zero-order valence-electron chi connectivity index (χ0n) is 25.7. The maximum atomic E-state index is 6.42. The molecule has 2 heterocycles. The van der Waals surface area contributed by atoms with Gasteiger partial charge in [0.25, 0.3) is 5.01 Å². The van der Waals surface area contributed by atoms with Crippen molar-refractivity contribution in [3.8, 4) is 22.6 Å². The number of aryl methyl sites for hydroxylation is 3. The molecule has 0 bridgehead atoms. The fourth-order valence-corrected chi connectivity index (χ4v) is 6.97. The highest BCUT2D eigenvalue weighted by Gasteiger charge is 2.27. The molecule has 0 saturated heterocycles. The van der Waals surface area contributed by atoms with Crippen molar-refractivity contribution in [3.05, 3.63) is 137 Å². The molecule has 4 nitrogen and oxygen atoms in total. The zero-order valence-corrected chi connectivity index (χ0v) is 28.6. The highest BCUT2D eigenvalue weighted by molar-refractivity contribution is 7.18. The van der Waals surface area contributed by atoms with Gasteiger partial charge in [0.15, 0.2) is 5.75 Å². The molecule has 6 heteroatoms. The van der Waals surface area contributed by atoms with Gasteiger partial charge in [-0.25, -0.2) is 0 Å². The second-order valence-corrected chi connectivity index (χ2v) is 12.1. The van der Waals surface area contributed by atoms with Crippen molar-refractivity contribution in [1.82, 2.24) is 0 Å². The molecule has 0 unspecified atom stereocenters. The maximum Gasteiger partial charge on any atom is 0.262 e. The van der Waals surface area contributed by atoms with Gasteiger partial charge in [-0.2, -0.15) is 4.57 Å². The van der Waals surface area contributed by atoms with Crippen LogP contribution in [-0.2, 0) is 6.54 Å².